The third-order valence-corrected chi connectivity index (χ3v) is 2.02. The van der Waals surface area contributed by atoms with Gasteiger partial charge < -0.3 is 10.2 Å². The van der Waals surface area contributed by atoms with Gasteiger partial charge in [0.15, 0.2) is 0 Å². The van der Waals surface area contributed by atoms with Gasteiger partial charge in [-0.3, -0.25) is 10.1 Å². The molecule has 82 valence electrons. The molecule has 0 saturated carbocycles. The smallest absolute Gasteiger partial charge is 0.321 e. The second-order valence-electron chi connectivity index (χ2n) is 3.05. The average Bonchev–Trinajstić information content (AvgIpc) is 2.20. The van der Waals surface area contributed by atoms with Gasteiger partial charge in [0.2, 0.25) is 0 Å². The summed E-state index contributed by atoms with van der Waals surface area (Å²) in [4.78, 5) is 10.7. The number of nitrogens with one attached hydrogen (secondary N) is 1. The third kappa shape index (κ3) is 3.30. The predicted octanol–water partition coefficient (Wildman–Crippen LogP) is 0.361. The molecule has 0 heterocycles. The molecule has 15 heavy (non-hydrogen) atoms. The number of rotatable bonds is 5. The van der Waals surface area contributed by atoms with Gasteiger partial charge in [-0.25, -0.2) is 4.39 Å². The molecular formula is C10H12FNO3. The number of carbonyl (C=O) groups is 1. The molecule has 0 aliphatic rings. The zero-order valence-electron chi connectivity index (χ0n) is 7.98. The largest absolute Gasteiger partial charge is 0.480 e. The number of hydrogen-bond acceptors (Lipinski definition) is 3. The lowest BCUT2D eigenvalue weighted by Gasteiger charge is -2.12. The molecule has 0 aliphatic carbocycles. The molecule has 0 spiro atoms. The van der Waals surface area contributed by atoms with Crippen LogP contribution in [-0.4, -0.2) is 29.0 Å². The Bertz CT molecular complexity index is 343. The zero-order chi connectivity index (χ0) is 11.3. The molecule has 1 aromatic rings. The molecule has 1 atom stereocenters. The topological polar surface area (TPSA) is 69.6 Å². The summed E-state index contributed by atoms with van der Waals surface area (Å²) < 4.78 is 13.2. The summed E-state index contributed by atoms with van der Waals surface area (Å²) >= 11 is 0. The first-order valence-corrected chi connectivity index (χ1v) is 4.45. The standard InChI is InChI=1S/C10H12FNO3/c11-8-4-2-1-3-7(8)5-9(10(14)15)12-6-13/h1-4,9,12-13H,5-6H2,(H,14,15)/t9-/m0/s1. The molecule has 5 heteroatoms. The molecule has 4 nitrogen and oxygen atoms in total. The van der Waals surface area contributed by atoms with Crippen molar-refractivity contribution in [3.8, 4) is 0 Å². The number of aliphatic hydroxyl groups is 1. The first-order valence-electron chi connectivity index (χ1n) is 4.45. The fourth-order valence-electron chi connectivity index (χ4n) is 1.24. The predicted molar refractivity (Wildman–Crippen MR) is 51.7 cm³/mol. The van der Waals surface area contributed by atoms with Gasteiger partial charge in [-0.15, -0.1) is 0 Å². The fraction of sp³-hybridized carbons (Fsp3) is 0.300. The van der Waals surface area contributed by atoms with Crippen molar-refractivity contribution in [1.82, 2.24) is 5.32 Å². The highest BCUT2D eigenvalue weighted by Crippen LogP contribution is 2.09. The summed E-state index contributed by atoms with van der Waals surface area (Å²) in [6, 6.07) is 4.98. The lowest BCUT2D eigenvalue weighted by molar-refractivity contribution is -0.139. The first-order chi connectivity index (χ1) is 7.15. The van der Waals surface area contributed by atoms with Crippen molar-refractivity contribution >= 4 is 5.97 Å². The van der Waals surface area contributed by atoms with Crippen LogP contribution in [0, 0.1) is 5.82 Å². The van der Waals surface area contributed by atoms with E-state index in [2.05, 4.69) is 5.32 Å². The summed E-state index contributed by atoms with van der Waals surface area (Å²) in [5.74, 6) is -1.56. The second kappa shape index (κ2) is 5.43. The van der Waals surface area contributed by atoms with E-state index in [4.69, 9.17) is 10.2 Å². The maximum absolute atomic E-state index is 13.2. The SMILES string of the molecule is O=C(O)[C@H](Cc1ccccc1F)NCO. The summed E-state index contributed by atoms with van der Waals surface area (Å²) in [5.41, 5.74) is 0.311. The number of aliphatic hydroxyl groups excluding tert-OH is 1. The molecule has 0 fully saturated rings. The summed E-state index contributed by atoms with van der Waals surface area (Å²) in [6.45, 7) is -0.453. The Morgan fingerprint density at radius 2 is 2.13 bits per heavy atom. The minimum Gasteiger partial charge on any atom is -0.480 e. The van der Waals surface area contributed by atoms with Crippen LogP contribution in [0.4, 0.5) is 4.39 Å². The molecule has 0 radical (unpaired) electrons. The van der Waals surface area contributed by atoms with Gasteiger partial charge in [0, 0.05) is 6.42 Å². The molecular weight excluding hydrogens is 201 g/mol. The summed E-state index contributed by atoms with van der Waals surface area (Å²) in [7, 11) is 0. The molecule has 0 saturated heterocycles. The van der Waals surface area contributed by atoms with Crippen LogP contribution in [-0.2, 0) is 11.2 Å². The van der Waals surface area contributed by atoms with Crippen molar-refractivity contribution in [2.24, 2.45) is 0 Å². The van der Waals surface area contributed by atoms with Gasteiger partial charge in [-0.05, 0) is 11.6 Å². The van der Waals surface area contributed by atoms with E-state index in [1.807, 2.05) is 0 Å². The Morgan fingerprint density at radius 1 is 1.47 bits per heavy atom. The summed E-state index contributed by atoms with van der Waals surface area (Å²) in [6.07, 6.45) is 0.00255. The Kier molecular flexibility index (Phi) is 4.20. The highest BCUT2D eigenvalue weighted by Gasteiger charge is 2.18. The highest BCUT2D eigenvalue weighted by atomic mass is 19.1. The average molecular weight is 213 g/mol. The van der Waals surface area contributed by atoms with Gasteiger partial charge >= 0.3 is 5.97 Å². The normalized spacial score (nSPS) is 12.4. The van der Waals surface area contributed by atoms with Crippen LogP contribution in [0.1, 0.15) is 5.56 Å². The lowest BCUT2D eigenvalue weighted by atomic mass is 10.1. The number of carboxylic acids is 1. The van der Waals surface area contributed by atoms with Crippen LogP contribution in [0.3, 0.4) is 0 Å². The summed E-state index contributed by atoms with van der Waals surface area (Å²) in [5, 5.41) is 19.7. The van der Waals surface area contributed by atoms with Crippen molar-refractivity contribution < 1.29 is 19.4 Å². The number of hydrogen-bond donors (Lipinski definition) is 3. The molecule has 0 amide bonds. The Balaban J connectivity index is 2.74. The van der Waals surface area contributed by atoms with Crippen molar-refractivity contribution in [1.29, 1.82) is 0 Å². The number of aliphatic carboxylic acids is 1. The minimum atomic E-state index is -1.12. The number of carboxylic acid groups (broad SMARTS) is 1. The monoisotopic (exact) mass is 213 g/mol. The van der Waals surface area contributed by atoms with E-state index in [0.29, 0.717) is 5.56 Å². The van der Waals surface area contributed by atoms with Crippen LogP contribution < -0.4 is 5.32 Å². The van der Waals surface area contributed by atoms with Crippen molar-refractivity contribution in [2.75, 3.05) is 6.73 Å². The quantitative estimate of drug-likeness (QED) is 0.618. The van der Waals surface area contributed by atoms with Crippen LogP contribution >= 0.6 is 0 Å². The van der Waals surface area contributed by atoms with Gasteiger partial charge in [-0.1, -0.05) is 18.2 Å². The molecule has 0 bridgehead atoms. The molecule has 3 N–H and O–H groups in total. The zero-order valence-corrected chi connectivity index (χ0v) is 7.98. The minimum absolute atomic E-state index is 0.00255. The first kappa shape index (κ1) is 11.6. The fourth-order valence-corrected chi connectivity index (χ4v) is 1.24. The van der Waals surface area contributed by atoms with E-state index in [9.17, 15) is 9.18 Å². The van der Waals surface area contributed by atoms with Crippen LogP contribution in [0.2, 0.25) is 0 Å². The molecule has 0 aliphatic heterocycles. The number of benzene rings is 1. The lowest BCUT2D eigenvalue weighted by Crippen LogP contribution is -2.39. The van der Waals surface area contributed by atoms with Gasteiger partial charge in [0.1, 0.15) is 11.9 Å². The van der Waals surface area contributed by atoms with E-state index in [1.54, 1.807) is 6.07 Å². The second-order valence-corrected chi connectivity index (χ2v) is 3.05. The molecule has 1 aromatic carbocycles. The van der Waals surface area contributed by atoms with E-state index < -0.39 is 24.6 Å². The maximum atomic E-state index is 13.2. The van der Waals surface area contributed by atoms with Crippen LogP contribution in [0.5, 0.6) is 0 Å². The van der Waals surface area contributed by atoms with Crippen LogP contribution in [0.25, 0.3) is 0 Å². The van der Waals surface area contributed by atoms with Gasteiger partial charge in [0.05, 0.1) is 6.73 Å². The van der Waals surface area contributed by atoms with E-state index in [-0.39, 0.29) is 6.42 Å². The van der Waals surface area contributed by atoms with Crippen molar-refractivity contribution in [3.05, 3.63) is 35.6 Å². The Labute approximate surface area is 86.4 Å². The Morgan fingerprint density at radius 3 is 2.67 bits per heavy atom. The number of halogens is 1. The molecule has 0 aromatic heterocycles. The van der Waals surface area contributed by atoms with Gasteiger partial charge in [-0.2, -0.15) is 0 Å². The molecule has 0 unspecified atom stereocenters. The van der Waals surface area contributed by atoms with E-state index >= 15 is 0 Å². The van der Waals surface area contributed by atoms with E-state index in [0.717, 1.165) is 0 Å². The highest BCUT2D eigenvalue weighted by molar-refractivity contribution is 5.73. The third-order valence-electron chi connectivity index (χ3n) is 2.02. The van der Waals surface area contributed by atoms with Crippen LogP contribution in [0.15, 0.2) is 24.3 Å². The van der Waals surface area contributed by atoms with Crippen molar-refractivity contribution in [2.45, 2.75) is 12.5 Å². The molecule has 1 rings (SSSR count). The van der Waals surface area contributed by atoms with E-state index in [1.165, 1.54) is 18.2 Å². The maximum Gasteiger partial charge on any atom is 0.321 e. The Hall–Kier alpha value is -1.46. The van der Waals surface area contributed by atoms with Gasteiger partial charge in [0.25, 0.3) is 0 Å². The van der Waals surface area contributed by atoms with Crippen molar-refractivity contribution in [3.63, 3.8) is 0 Å².